The molecule has 11 heavy (non-hydrogen) atoms. The Morgan fingerprint density at radius 3 is 2.55 bits per heavy atom. The first kappa shape index (κ1) is 10.8. The molecule has 3 N–H and O–H groups in total. The zero-order chi connectivity index (χ0) is 8.85. The molecule has 0 aromatic heterocycles. The van der Waals surface area contributed by atoms with E-state index in [0.29, 0.717) is 0 Å². The van der Waals surface area contributed by atoms with Gasteiger partial charge in [0.1, 0.15) is 0 Å². The highest BCUT2D eigenvalue weighted by atomic mass is 16.8. The van der Waals surface area contributed by atoms with Gasteiger partial charge in [-0.3, -0.25) is 5.59 Å². The lowest BCUT2D eigenvalue weighted by atomic mass is 10.5. The van der Waals surface area contributed by atoms with Crippen LogP contribution in [-0.2, 0) is 4.84 Å². The monoisotopic (exact) mass is 164 g/mol. The van der Waals surface area contributed by atoms with Gasteiger partial charge in [0.2, 0.25) is 0 Å². The zero-order valence-electron chi connectivity index (χ0n) is 7.33. The summed E-state index contributed by atoms with van der Waals surface area (Å²) in [6.07, 6.45) is -0.0255. The van der Waals surface area contributed by atoms with Crippen molar-refractivity contribution in [2.45, 2.75) is 20.0 Å². The smallest absolute Gasteiger partial charge is 0.0559 e. The highest BCUT2D eigenvalue weighted by molar-refractivity contribution is 4.36. The Balaban J connectivity index is 3.43. The first-order valence-corrected chi connectivity index (χ1v) is 3.41. The van der Waals surface area contributed by atoms with Gasteiger partial charge in [0.25, 0.3) is 0 Å². The minimum atomic E-state index is -0.193. The van der Waals surface area contributed by atoms with Crippen LogP contribution in [0.25, 0.3) is 5.59 Å². The summed E-state index contributed by atoms with van der Waals surface area (Å²) in [5.74, 6) is 0. The highest BCUT2D eigenvalue weighted by Gasteiger charge is 2.00. The summed E-state index contributed by atoms with van der Waals surface area (Å²) in [5.41, 5.74) is 6.09. The van der Waals surface area contributed by atoms with Gasteiger partial charge in [0.05, 0.1) is 7.05 Å². The molecule has 0 aliphatic rings. The number of hydrogen-bond acceptors (Lipinski definition) is 4. The number of nitrogens with zero attached hydrogens (tertiary/aromatic N) is 2. The average molecular weight is 164 g/mol. The fraction of sp³-hybridized carbons (Fsp3) is 1.00. The van der Waals surface area contributed by atoms with Crippen LogP contribution in [-0.4, -0.2) is 30.5 Å². The van der Waals surface area contributed by atoms with Crippen LogP contribution in [0.1, 0.15) is 13.8 Å². The molecule has 68 valence electrons. The predicted molar refractivity (Wildman–Crippen MR) is 39.2 cm³/mol. The van der Waals surface area contributed by atoms with E-state index in [-0.39, 0.29) is 11.4 Å². The van der Waals surface area contributed by atoms with E-state index >= 15 is 0 Å². The zero-order valence-corrected chi connectivity index (χ0v) is 7.33. The normalized spacial score (nSPS) is 14.5. The fourth-order valence-electron chi connectivity index (χ4n) is 0.314. The molecule has 0 rings (SSSR count). The lowest BCUT2D eigenvalue weighted by Crippen LogP contribution is -3.13. The Morgan fingerprint density at radius 2 is 2.18 bits per heavy atom. The Hall–Kier alpha value is -0.240. The van der Waals surface area contributed by atoms with E-state index in [9.17, 15) is 0 Å². The van der Waals surface area contributed by atoms with Crippen molar-refractivity contribution in [1.82, 2.24) is 10.5 Å². The first-order chi connectivity index (χ1) is 5.07. The standard InChI is InChI=1S/C5H16N4O2/c1-5(2)11-7-9(10)8(4)6-3/h5-6,9-10H,1-4H3. The third-order valence-corrected chi connectivity index (χ3v) is 0.981. The molecule has 6 heteroatoms. The van der Waals surface area contributed by atoms with E-state index in [0.717, 1.165) is 0 Å². The number of rotatable bonds is 5. The largest absolute Gasteiger partial charge is 0.430 e. The molecule has 6 nitrogen and oxygen atoms in total. The topological polar surface area (TPSA) is 63.3 Å². The number of hydrogen-bond donors (Lipinski definition) is 3. The maximum Gasteiger partial charge on any atom is 0.0559 e. The molecule has 0 bridgehead atoms. The third-order valence-electron chi connectivity index (χ3n) is 0.981. The minimum Gasteiger partial charge on any atom is -0.430 e. The summed E-state index contributed by atoms with van der Waals surface area (Å²) in [6, 6.07) is 0. The molecule has 0 heterocycles. The Bertz CT molecular complexity index is 100. The van der Waals surface area contributed by atoms with Crippen LogP contribution in [0.3, 0.4) is 0 Å². The van der Waals surface area contributed by atoms with Gasteiger partial charge in [0.15, 0.2) is 0 Å². The average Bonchev–Trinajstić information content (AvgIpc) is 1.98. The van der Waals surface area contributed by atoms with Gasteiger partial charge in [-0.1, -0.05) is 5.12 Å². The van der Waals surface area contributed by atoms with E-state index in [1.807, 2.05) is 13.8 Å². The van der Waals surface area contributed by atoms with Crippen molar-refractivity contribution in [2.75, 3.05) is 14.1 Å². The van der Waals surface area contributed by atoms with Crippen molar-refractivity contribution in [3.05, 3.63) is 5.59 Å². The molecule has 0 aliphatic carbocycles. The molecule has 0 saturated carbocycles. The lowest BCUT2D eigenvalue weighted by molar-refractivity contribution is -1.16. The summed E-state index contributed by atoms with van der Waals surface area (Å²) in [4.78, 5) is 4.78. The van der Waals surface area contributed by atoms with Crippen molar-refractivity contribution in [1.29, 1.82) is 0 Å². The van der Waals surface area contributed by atoms with E-state index in [2.05, 4.69) is 11.0 Å². The van der Waals surface area contributed by atoms with Gasteiger partial charge >= 0.3 is 0 Å². The molecule has 0 aliphatic heterocycles. The third kappa shape index (κ3) is 5.08. The van der Waals surface area contributed by atoms with Gasteiger partial charge in [0, 0.05) is 13.2 Å². The summed E-state index contributed by atoms with van der Waals surface area (Å²) in [7, 11) is 3.30. The molecular formula is C5H16N4O2. The van der Waals surface area contributed by atoms with Crippen LogP contribution in [0, 0.1) is 0 Å². The van der Waals surface area contributed by atoms with Gasteiger partial charge < -0.3 is 4.84 Å². The van der Waals surface area contributed by atoms with Gasteiger partial charge in [-0.25, -0.2) is 10.6 Å². The number of nitrogens with one attached hydrogen (secondary N) is 2. The summed E-state index contributed by atoms with van der Waals surface area (Å²) in [6.45, 7) is 3.66. The quantitative estimate of drug-likeness (QED) is 0.450. The van der Waals surface area contributed by atoms with Crippen LogP contribution in [0.2, 0.25) is 0 Å². The maximum absolute atomic E-state index is 9.06. The van der Waals surface area contributed by atoms with E-state index < -0.39 is 0 Å². The summed E-state index contributed by atoms with van der Waals surface area (Å²) < 4.78 is 0. The molecule has 0 saturated heterocycles. The number of hydrazine groups is 1. The second-order valence-corrected chi connectivity index (χ2v) is 2.33. The van der Waals surface area contributed by atoms with E-state index in [1.54, 1.807) is 14.1 Å². The lowest BCUT2D eigenvalue weighted by Gasteiger charge is -2.30. The van der Waals surface area contributed by atoms with Gasteiger partial charge in [-0.2, -0.15) is 0 Å². The van der Waals surface area contributed by atoms with Crippen LogP contribution >= 0.6 is 0 Å². The van der Waals surface area contributed by atoms with E-state index in [4.69, 9.17) is 10.0 Å². The van der Waals surface area contributed by atoms with Crippen molar-refractivity contribution < 1.29 is 15.3 Å². The second-order valence-electron chi connectivity index (χ2n) is 2.33. The minimum absolute atomic E-state index is 0.0255. The Morgan fingerprint density at radius 1 is 1.64 bits per heavy atom. The summed E-state index contributed by atoms with van der Waals surface area (Å²) >= 11 is 0. The van der Waals surface area contributed by atoms with Crippen molar-refractivity contribution in [2.24, 2.45) is 0 Å². The molecule has 0 aromatic rings. The van der Waals surface area contributed by atoms with Gasteiger partial charge in [-0.15, -0.1) is 5.28 Å². The van der Waals surface area contributed by atoms with Crippen molar-refractivity contribution in [3.8, 4) is 0 Å². The molecule has 1 unspecified atom stereocenters. The molecule has 1 atom stereocenters. The molecular weight excluding hydrogens is 148 g/mol. The van der Waals surface area contributed by atoms with Gasteiger partial charge in [-0.05, 0) is 13.8 Å². The highest BCUT2D eigenvalue weighted by Crippen LogP contribution is 1.87. The second kappa shape index (κ2) is 5.42. The molecule has 0 radical (unpaired) electrons. The molecule has 0 amide bonds. The van der Waals surface area contributed by atoms with Crippen molar-refractivity contribution >= 4 is 0 Å². The number of quaternary nitrogens is 1. The van der Waals surface area contributed by atoms with Crippen molar-refractivity contribution in [3.63, 3.8) is 0 Å². The fourth-order valence-corrected chi connectivity index (χ4v) is 0.314. The predicted octanol–water partition coefficient (Wildman–Crippen LogP) is -1.13. The molecule has 0 aromatic carbocycles. The van der Waals surface area contributed by atoms with E-state index in [1.165, 1.54) is 5.12 Å². The van der Waals surface area contributed by atoms with Crippen LogP contribution in [0.4, 0.5) is 0 Å². The summed E-state index contributed by atoms with van der Waals surface area (Å²) in [5, 5.41) is 10.2. The SMILES string of the molecule is CNN(C)[NH+](O)[N-]OC(C)C. The first-order valence-electron chi connectivity index (χ1n) is 3.41. The molecule has 0 fully saturated rings. The Kier molecular flexibility index (Phi) is 5.30. The molecule has 0 spiro atoms. The van der Waals surface area contributed by atoms with Crippen LogP contribution in [0.5, 0.6) is 0 Å². The van der Waals surface area contributed by atoms with Crippen LogP contribution < -0.4 is 10.7 Å². The van der Waals surface area contributed by atoms with Crippen LogP contribution in [0.15, 0.2) is 0 Å². The maximum atomic E-state index is 9.06. The Labute approximate surface area is 66.5 Å².